The van der Waals surface area contributed by atoms with E-state index in [9.17, 15) is 0 Å². The van der Waals surface area contributed by atoms with Crippen molar-refractivity contribution in [3.63, 3.8) is 0 Å². The molecule has 2 aromatic rings. The molecule has 2 rings (SSSR count). The fourth-order valence-electron chi connectivity index (χ4n) is 3.38. The first-order valence-corrected chi connectivity index (χ1v) is 8.98. The number of pyridine rings is 1. The predicted octanol–water partition coefficient (Wildman–Crippen LogP) is 4.30. The van der Waals surface area contributed by atoms with E-state index in [4.69, 9.17) is 0 Å². The minimum absolute atomic E-state index is 0.368. The molecule has 0 aromatic carbocycles. The lowest BCUT2D eigenvalue weighted by Crippen LogP contribution is -2.60. The summed E-state index contributed by atoms with van der Waals surface area (Å²) in [5, 5.41) is 1.13. The Morgan fingerprint density at radius 3 is 2.10 bits per heavy atom. The molecular weight excluding hydrogens is 267 g/mol. The summed E-state index contributed by atoms with van der Waals surface area (Å²) in [5.41, 5.74) is 0.866. The van der Waals surface area contributed by atoms with Crippen LogP contribution < -0.4 is 5.32 Å². The lowest BCUT2D eigenvalue weighted by molar-refractivity contribution is 0.530. The van der Waals surface area contributed by atoms with Gasteiger partial charge in [-0.1, -0.05) is 41.5 Å². The SMILES string of the molecule is Cn1c([Si](F)(C(C)(C)C)C(C)(C)C)cc2cccnc21. The third-order valence-corrected chi connectivity index (χ3v) is 9.53. The zero-order valence-corrected chi connectivity index (χ0v) is 14.6. The summed E-state index contributed by atoms with van der Waals surface area (Å²) in [6, 6.07) is 5.92. The number of nitrogens with zero attached hydrogens (tertiary/aromatic N) is 2. The first kappa shape index (κ1) is 15.2. The molecule has 20 heavy (non-hydrogen) atoms. The monoisotopic (exact) mass is 292 g/mol. The van der Waals surface area contributed by atoms with Gasteiger partial charge in [0.25, 0.3) is 0 Å². The zero-order chi connectivity index (χ0) is 15.3. The normalized spacial score (nSPS) is 14.0. The predicted molar refractivity (Wildman–Crippen MR) is 86.6 cm³/mol. The third-order valence-electron chi connectivity index (χ3n) is 4.21. The van der Waals surface area contributed by atoms with E-state index in [-0.39, 0.29) is 10.1 Å². The quantitative estimate of drug-likeness (QED) is 0.566. The van der Waals surface area contributed by atoms with E-state index >= 15 is 4.11 Å². The Morgan fingerprint density at radius 1 is 1.10 bits per heavy atom. The highest BCUT2D eigenvalue weighted by Crippen LogP contribution is 2.51. The second kappa shape index (κ2) is 4.42. The molecule has 0 amide bonds. The van der Waals surface area contributed by atoms with E-state index in [1.807, 2.05) is 71.4 Å². The minimum Gasteiger partial charge on any atom is -0.333 e. The number of hydrogen-bond acceptors (Lipinski definition) is 1. The molecule has 0 saturated heterocycles. The summed E-state index contributed by atoms with van der Waals surface area (Å²) in [6.45, 7) is 12.1. The lowest BCUT2D eigenvalue weighted by Gasteiger charge is -2.44. The highest BCUT2D eigenvalue weighted by atomic mass is 28.4. The largest absolute Gasteiger partial charge is 0.333 e. The van der Waals surface area contributed by atoms with Crippen LogP contribution in [0.25, 0.3) is 11.0 Å². The summed E-state index contributed by atoms with van der Waals surface area (Å²) >= 11 is 0. The highest BCUT2D eigenvalue weighted by molar-refractivity contribution is 6.90. The van der Waals surface area contributed by atoms with Gasteiger partial charge in [-0.3, -0.25) is 0 Å². The molecule has 0 aliphatic heterocycles. The molecule has 2 nitrogen and oxygen atoms in total. The van der Waals surface area contributed by atoms with Gasteiger partial charge in [0.05, 0.1) is 0 Å². The van der Waals surface area contributed by atoms with Crippen molar-refractivity contribution in [3.8, 4) is 0 Å². The fourth-order valence-corrected chi connectivity index (χ4v) is 8.09. The van der Waals surface area contributed by atoms with E-state index in [1.165, 1.54) is 0 Å². The van der Waals surface area contributed by atoms with Crippen LogP contribution >= 0.6 is 0 Å². The molecular formula is C16H25FN2Si. The number of aryl methyl sites for hydroxylation is 1. The molecule has 0 atom stereocenters. The summed E-state index contributed by atoms with van der Waals surface area (Å²) in [5.74, 6) is 0. The zero-order valence-electron chi connectivity index (χ0n) is 13.6. The van der Waals surface area contributed by atoms with Crippen LogP contribution in [0.4, 0.5) is 4.11 Å². The van der Waals surface area contributed by atoms with Gasteiger partial charge in [0.15, 0.2) is 0 Å². The van der Waals surface area contributed by atoms with Crippen molar-refractivity contribution in [1.29, 1.82) is 0 Å². The number of rotatable bonds is 1. The molecule has 110 valence electrons. The van der Waals surface area contributed by atoms with Crippen LogP contribution in [-0.4, -0.2) is 18.0 Å². The number of fused-ring (bicyclic) bond motifs is 1. The molecule has 4 heteroatoms. The smallest absolute Gasteiger partial charge is 0.304 e. The van der Waals surface area contributed by atoms with Gasteiger partial charge in [0, 0.05) is 23.9 Å². The number of aromatic nitrogens is 2. The summed E-state index contributed by atoms with van der Waals surface area (Å²) in [6.07, 6.45) is 1.77. The Kier molecular flexibility index (Phi) is 3.36. The van der Waals surface area contributed by atoms with E-state index < -0.39 is 8.41 Å². The molecule has 0 spiro atoms. The molecule has 0 fully saturated rings. The van der Waals surface area contributed by atoms with Crippen LogP contribution in [0.5, 0.6) is 0 Å². The average Bonchev–Trinajstić information content (AvgIpc) is 2.64. The van der Waals surface area contributed by atoms with Gasteiger partial charge in [0.1, 0.15) is 5.65 Å². The van der Waals surface area contributed by atoms with Crippen LogP contribution in [0.2, 0.25) is 10.1 Å². The second-order valence-electron chi connectivity index (χ2n) is 7.66. The maximum Gasteiger partial charge on any atom is 0.304 e. The Morgan fingerprint density at radius 2 is 1.65 bits per heavy atom. The average molecular weight is 292 g/mol. The van der Waals surface area contributed by atoms with Crippen molar-refractivity contribution in [3.05, 3.63) is 24.4 Å². The fraction of sp³-hybridized carbons (Fsp3) is 0.562. The Bertz CT molecular complexity index is 618. The first-order chi connectivity index (χ1) is 9.00. The van der Waals surface area contributed by atoms with Crippen LogP contribution in [0.15, 0.2) is 24.4 Å². The summed E-state index contributed by atoms with van der Waals surface area (Å²) < 4.78 is 18.3. The van der Waals surface area contributed by atoms with Gasteiger partial charge in [-0.25, -0.2) is 4.98 Å². The maximum atomic E-state index is 16.3. The topological polar surface area (TPSA) is 17.8 Å². The van der Waals surface area contributed by atoms with Gasteiger partial charge in [-0.05, 0) is 28.3 Å². The molecule has 0 unspecified atom stereocenters. The summed E-state index contributed by atoms with van der Waals surface area (Å²) in [7, 11) is -1.30. The van der Waals surface area contributed by atoms with Crippen LogP contribution in [0.3, 0.4) is 0 Å². The van der Waals surface area contributed by atoms with Crippen molar-refractivity contribution in [2.24, 2.45) is 7.05 Å². The number of halogens is 1. The molecule has 2 heterocycles. The number of hydrogen-bond donors (Lipinski definition) is 0. The molecule has 0 radical (unpaired) electrons. The molecule has 0 bridgehead atoms. The third kappa shape index (κ3) is 2.01. The van der Waals surface area contributed by atoms with Crippen molar-refractivity contribution < 1.29 is 4.11 Å². The van der Waals surface area contributed by atoms with Gasteiger partial charge in [-0.2, -0.15) is 0 Å². The molecule has 0 saturated carbocycles. The molecule has 0 aliphatic rings. The molecule has 0 N–H and O–H groups in total. The van der Waals surface area contributed by atoms with E-state index in [0.29, 0.717) is 0 Å². The van der Waals surface area contributed by atoms with E-state index in [0.717, 1.165) is 16.4 Å². The standard InChI is InChI=1S/C16H25FN2Si/c1-15(2,3)20(17,16(4,5)6)13-11-12-9-8-10-18-14(12)19(13)7/h8-11H,1-7H3. The highest BCUT2D eigenvalue weighted by Gasteiger charge is 2.58. The Balaban J connectivity index is 2.80. The maximum absolute atomic E-state index is 16.3. The minimum atomic E-state index is -3.23. The van der Waals surface area contributed by atoms with Crippen LogP contribution in [0.1, 0.15) is 41.5 Å². The van der Waals surface area contributed by atoms with Crippen molar-refractivity contribution in [2.75, 3.05) is 0 Å². The van der Waals surface area contributed by atoms with Crippen molar-refractivity contribution in [2.45, 2.75) is 51.6 Å². The van der Waals surface area contributed by atoms with Crippen LogP contribution in [0, 0.1) is 0 Å². The molecule has 2 aromatic heterocycles. The van der Waals surface area contributed by atoms with Crippen molar-refractivity contribution in [1.82, 2.24) is 9.55 Å². The Labute approximate surface area is 122 Å². The van der Waals surface area contributed by atoms with Gasteiger partial charge in [0.2, 0.25) is 0 Å². The van der Waals surface area contributed by atoms with Gasteiger partial charge >= 0.3 is 8.41 Å². The van der Waals surface area contributed by atoms with Gasteiger partial charge in [-0.15, -0.1) is 0 Å². The van der Waals surface area contributed by atoms with E-state index in [1.54, 1.807) is 6.20 Å². The van der Waals surface area contributed by atoms with Crippen LogP contribution in [-0.2, 0) is 7.05 Å². The second-order valence-corrected chi connectivity index (χ2v) is 12.5. The lowest BCUT2D eigenvalue weighted by atomic mass is 10.2. The van der Waals surface area contributed by atoms with Crippen molar-refractivity contribution >= 4 is 24.8 Å². The molecule has 0 aliphatic carbocycles. The first-order valence-electron chi connectivity index (χ1n) is 7.10. The van der Waals surface area contributed by atoms with E-state index in [2.05, 4.69) is 4.98 Å². The van der Waals surface area contributed by atoms with Gasteiger partial charge < -0.3 is 8.67 Å². The summed E-state index contributed by atoms with van der Waals surface area (Å²) in [4.78, 5) is 4.40. The Hall–Kier alpha value is -1.16.